The fraction of sp³-hybridized carbons (Fsp3) is 0.500. The van der Waals surface area contributed by atoms with E-state index in [2.05, 4.69) is 4.72 Å². The van der Waals surface area contributed by atoms with E-state index in [0.717, 1.165) is 18.6 Å². The van der Waals surface area contributed by atoms with E-state index in [0.29, 0.717) is 12.0 Å². The number of alkyl halides is 3. The molecule has 1 atom stereocenters. The van der Waals surface area contributed by atoms with Crippen molar-refractivity contribution in [2.24, 2.45) is 5.92 Å². The van der Waals surface area contributed by atoms with Crippen molar-refractivity contribution >= 4 is 10.0 Å². The van der Waals surface area contributed by atoms with E-state index in [1.165, 1.54) is 6.07 Å². The third-order valence-electron chi connectivity index (χ3n) is 3.33. The molecule has 1 N–H and O–H groups in total. The van der Waals surface area contributed by atoms with Crippen molar-refractivity contribution in [2.45, 2.75) is 30.8 Å². The molecule has 0 spiro atoms. The zero-order chi connectivity index (χ0) is 14.3. The molecule has 0 saturated heterocycles. The lowest BCUT2D eigenvalue weighted by molar-refractivity contribution is -0.137. The van der Waals surface area contributed by atoms with Crippen LogP contribution in [0, 0.1) is 5.92 Å². The third-order valence-corrected chi connectivity index (χ3v) is 4.84. The highest BCUT2D eigenvalue weighted by Gasteiger charge is 2.34. The summed E-state index contributed by atoms with van der Waals surface area (Å²) in [7, 11) is -3.85. The Balaban J connectivity index is 2.55. The summed E-state index contributed by atoms with van der Waals surface area (Å²) >= 11 is 0. The van der Waals surface area contributed by atoms with Crippen LogP contribution in [0.3, 0.4) is 0 Å². The summed E-state index contributed by atoms with van der Waals surface area (Å²) in [5.41, 5.74) is -0.489. The van der Waals surface area contributed by atoms with Crippen LogP contribution in [0.15, 0.2) is 23.1 Å². The van der Waals surface area contributed by atoms with Crippen LogP contribution in [0.4, 0.5) is 13.2 Å². The average molecular weight is 293 g/mol. The van der Waals surface area contributed by atoms with Gasteiger partial charge in [0.15, 0.2) is 0 Å². The van der Waals surface area contributed by atoms with Gasteiger partial charge in [0.05, 0.1) is 10.5 Å². The zero-order valence-corrected chi connectivity index (χ0v) is 11.1. The van der Waals surface area contributed by atoms with E-state index < -0.39 is 21.8 Å². The molecule has 1 aliphatic heterocycles. The van der Waals surface area contributed by atoms with Gasteiger partial charge in [-0.05, 0) is 30.0 Å². The molecule has 19 heavy (non-hydrogen) atoms. The summed E-state index contributed by atoms with van der Waals surface area (Å²) in [5.74, 6) is 0.104. The summed E-state index contributed by atoms with van der Waals surface area (Å²) in [4.78, 5) is -0.252. The molecule has 1 heterocycles. The SMILES string of the molecule is CCC1CNS(=O)(=O)c2cc(C(F)(F)F)ccc2C1. The van der Waals surface area contributed by atoms with Crippen molar-refractivity contribution in [3.8, 4) is 0 Å². The van der Waals surface area contributed by atoms with Gasteiger partial charge >= 0.3 is 6.18 Å². The lowest BCUT2D eigenvalue weighted by Crippen LogP contribution is -2.27. The number of hydrogen-bond donors (Lipinski definition) is 1. The second kappa shape index (κ2) is 4.79. The molecule has 2 rings (SSSR count). The molecule has 7 heteroatoms. The molecule has 1 unspecified atom stereocenters. The summed E-state index contributed by atoms with van der Waals surface area (Å²) in [6.45, 7) is 2.18. The first-order valence-corrected chi connectivity index (χ1v) is 7.42. The Morgan fingerprint density at radius 2 is 2.05 bits per heavy atom. The zero-order valence-electron chi connectivity index (χ0n) is 10.3. The van der Waals surface area contributed by atoms with Crippen LogP contribution in [-0.4, -0.2) is 15.0 Å². The van der Waals surface area contributed by atoms with Gasteiger partial charge in [-0.25, -0.2) is 13.1 Å². The molecular weight excluding hydrogens is 279 g/mol. The van der Waals surface area contributed by atoms with Gasteiger partial charge in [0.1, 0.15) is 0 Å². The van der Waals surface area contributed by atoms with Gasteiger partial charge in [0, 0.05) is 6.54 Å². The molecule has 0 amide bonds. The second-order valence-electron chi connectivity index (χ2n) is 4.65. The lowest BCUT2D eigenvalue weighted by Gasteiger charge is -2.12. The number of benzene rings is 1. The van der Waals surface area contributed by atoms with Gasteiger partial charge in [0.2, 0.25) is 10.0 Å². The van der Waals surface area contributed by atoms with Crippen LogP contribution in [-0.2, 0) is 22.6 Å². The highest BCUT2D eigenvalue weighted by atomic mass is 32.2. The van der Waals surface area contributed by atoms with E-state index >= 15 is 0 Å². The Hall–Kier alpha value is -1.08. The van der Waals surface area contributed by atoms with Crippen LogP contribution in [0.5, 0.6) is 0 Å². The van der Waals surface area contributed by atoms with Crippen molar-refractivity contribution < 1.29 is 21.6 Å². The number of hydrogen-bond acceptors (Lipinski definition) is 2. The number of nitrogens with one attached hydrogen (secondary N) is 1. The Morgan fingerprint density at radius 3 is 2.63 bits per heavy atom. The first kappa shape index (κ1) is 14.3. The Morgan fingerprint density at radius 1 is 1.37 bits per heavy atom. The minimum Gasteiger partial charge on any atom is -0.211 e. The van der Waals surface area contributed by atoms with Crippen LogP contribution in [0.2, 0.25) is 0 Å². The van der Waals surface area contributed by atoms with Gasteiger partial charge in [-0.15, -0.1) is 0 Å². The van der Waals surface area contributed by atoms with Gasteiger partial charge in [-0.1, -0.05) is 19.4 Å². The fourth-order valence-corrected chi connectivity index (χ4v) is 3.52. The first-order valence-electron chi connectivity index (χ1n) is 5.94. The Kier molecular flexibility index (Phi) is 3.61. The number of halogens is 3. The maximum absolute atomic E-state index is 12.6. The summed E-state index contributed by atoms with van der Waals surface area (Å²) in [5, 5.41) is 0. The molecule has 0 radical (unpaired) electrons. The quantitative estimate of drug-likeness (QED) is 0.865. The van der Waals surface area contributed by atoms with E-state index in [-0.39, 0.29) is 17.4 Å². The molecule has 0 fully saturated rings. The maximum Gasteiger partial charge on any atom is 0.416 e. The molecular formula is C12H14F3NO2S. The summed E-state index contributed by atoms with van der Waals surface area (Å²) in [6.07, 6.45) is -3.31. The smallest absolute Gasteiger partial charge is 0.211 e. The molecule has 1 aromatic rings. The normalized spacial score (nSPS) is 22.6. The molecule has 0 aromatic heterocycles. The van der Waals surface area contributed by atoms with Crippen molar-refractivity contribution in [1.82, 2.24) is 4.72 Å². The Bertz CT molecular complexity index is 581. The number of sulfonamides is 1. The minimum atomic E-state index is -4.54. The number of rotatable bonds is 1. The first-order chi connectivity index (χ1) is 8.74. The van der Waals surface area contributed by atoms with E-state index in [4.69, 9.17) is 0 Å². The van der Waals surface area contributed by atoms with E-state index in [1.54, 1.807) is 0 Å². The van der Waals surface area contributed by atoms with Gasteiger partial charge in [-0.3, -0.25) is 0 Å². The van der Waals surface area contributed by atoms with Gasteiger partial charge in [0.25, 0.3) is 0 Å². The van der Waals surface area contributed by atoms with Crippen molar-refractivity contribution in [3.63, 3.8) is 0 Å². The highest BCUT2D eigenvalue weighted by Crippen LogP contribution is 2.33. The molecule has 0 saturated carbocycles. The van der Waals surface area contributed by atoms with E-state index in [1.807, 2.05) is 6.92 Å². The molecule has 1 aromatic carbocycles. The predicted octanol–water partition coefficient (Wildman–Crippen LogP) is 2.57. The molecule has 0 bridgehead atoms. The fourth-order valence-electron chi connectivity index (χ4n) is 2.13. The van der Waals surface area contributed by atoms with Gasteiger partial charge in [-0.2, -0.15) is 13.2 Å². The van der Waals surface area contributed by atoms with Crippen LogP contribution in [0.25, 0.3) is 0 Å². The van der Waals surface area contributed by atoms with Crippen molar-refractivity contribution in [1.29, 1.82) is 0 Å². The molecule has 0 aliphatic carbocycles. The van der Waals surface area contributed by atoms with Crippen LogP contribution in [0.1, 0.15) is 24.5 Å². The molecule has 3 nitrogen and oxygen atoms in total. The molecule has 106 valence electrons. The standard InChI is InChI=1S/C12H14F3NO2S/c1-2-8-5-9-3-4-10(12(13,14)15)6-11(9)19(17,18)16-7-8/h3-4,6,8,16H,2,5,7H2,1H3. The largest absolute Gasteiger partial charge is 0.416 e. The monoisotopic (exact) mass is 293 g/mol. The van der Waals surface area contributed by atoms with Crippen LogP contribution < -0.4 is 4.72 Å². The maximum atomic E-state index is 12.6. The molecule has 1 aliphatic rings. The Labute approximate surface area is 109 Å². The topological polar surface area (TPSA) is 46.2 Å². The van der Waals surface area contributed by atoms with E-state index in [9.17, 15) is 21.6 Å². The summed E-state index contributed by atoms with van der Waals surface area (Å²) < 4.78 is 64.2. The van der Waals surface area contributed by atoms with Crippen molar-refractivity contribution in [3.05, 3.63) is 29.3 Å². The lowest BCUT2D eigenvalue weighted by atomic mass is 9.96. The third kappa shape index (κ3) is 2.92. The minimum absolute atomic E-state index is 0.104. The van der Waals surface area contributed by atoms with Crippen LogP contribution >= 0.6 is 0 Å². The van der Waals surface area contributed by atoms with Gasteiger partial charge < -0.3 is 0 Å². The average Bonchev–Trinajstić information content (AvgIpc) is 2.45. The van der Waals surface area contributed by atoms with Crippen molar-refractivity contribution in [2.75, 3.05) is 6.54 Å². The highest BCUT2D eigenvalue weighted by molar-refractivity contribution is 7.89. The second-order valence-corrected chi connectivity index (χ2v) is 6.39. The summed E-state index contributed by atoms with van der Waals surface area (Å²) in [6, 6.07) is 2.92. The number of fused-ring (bicyclic) bond motifs is 1. The predicted molar refractivity (Wildman–Crippen MR) is 64.1 cm³/mol.